The van der Waals surface area contributed by atoms with Crippen molar-refractivity contribution in [2.75, 3.05) is 13.2 Å². The van der Waals surface area contributed by atoms with Gasteiger partial charge in [-0.2, -0.15) is 0 Å². The van der Waals surface area contributed by atoms with Gasteiger partial charge in [-0.25, -0.2) is 4.79 Å². The van der Waals surface area contributed by atoms with Crippen LogP contribution in [0.4, 0.5) is 0 Å². The first-order valence-corrected chi connectivity index (χ1v) is 10.0. The number of carbonyl (C=O) groups is 1. The number of aromatic nitrogens is 1. The third kappa shape index (κ3) is 3.69. The predicted molar refractivity (Wildman–Crippen MR) is 108 cm³/mol. The van der Waals surface area contributed by atoms with Gasteiger partial charge in [0.15, 0.2) is 11.3 Å². The molecule has 138 valence electrons. The highest BCUT2D eigenvalue weighted by Gasteiger charge is 2.24. The molecule has 0 bridgehead atoms. The molecule has 0 fully saturated rings. The van der Waals surface area contributed by atoms with Crippen molar-refractivity contribution in [1.82, 2.24) is 4.98 Å². The van der Waals surface area contributed by atoms with Crippen LogP contribution in [0.1, 0.15) is 37.2 Å². The van der Waals surface area contributed by atoms with Crippen molar-refractivity contribution in [1.29, 1.82) is 0 Å². The molecule has 0 radical (unpaired) electrons. The number of fused-ring (bicyclic) bond motifs is 1. The molecule has 2 aromatic heterocycles. The highest BCUT2D eigenvalue weighted by molar-refractivity contribution is 9.11. The number of aromatic amines is 1. The number of hydrogen-bond donors (Lipinski definition) is 1. The molecule has 0 amide bonds. The summed E-state index contributed by atoms with van der Waals surface area (Å²) in [4.78, 5) is 15.1. The van der Waals surface area contributed by atoms with Gasteiger partial charge in [-0.05, 0) is 69.5 Å². The van der Waals surface area contributed by atoms with E-state index in [-0.39, 0.29) is 0 Å². The lowest BCUT2D eigenvalue weighted by molar-refractivity contribution is 0.0519. The summed E-state index contributed by atoms with van der Waals surface area (Å²) >= 11 is 6.99. The Hall–Kier alpha value is -1.73. The summed E-state index contributed by atoms with van der Waals surface area (Å²) in [6.45, 7) is 4.92. The van der Waals surface area contributed by atoms with E-state index in [0.29, 0.717) is 40.2 Å². The van der Waals surface area contributed by atoms with Crippen LogP contribution in [0.15, 0.2) is 37.6 Å². The number of ether oxygens (including phenoxy) is 2. The molecule has 1 aromatic carbocycles. The first-order chi connectivity index (χ1) is 12.6. The van der Waals surface area contributed by atoms with Crippen LogP contribution >= 0.6 is 31.9 Å². The zero-order valence-corrected chi connectivity index (χ0v) is 17.7. The van der Waals surface area contributed by atoms with E-state index in [9.17, 15) is 4.79 Å². The molecule has 0 saturated carbocycles. The molecule has 26 heavy (non-hydrogen) atoms. The lowest BCUT2D eigenvalue weighted by Crippen LogP contribution is -2.05. The van der Waals surface area contributed by atoms with Gasteiger partial charge in [0.1, 0.15) is 17.0 Å². The van der Waals surface area contributed by atoms with Crippen molar-refractivity contribution in [3.05, 3.63) is 38.9 Å². The highest BCUT2D eigenvalue weighted by Crippen LogP contribution is 2.42. The van der Waals surface area contributed by atoms with Gasteiger partial charge in [0.05, 0.1) is 22.2 Å². The van der Waals surface area contributed by atoms with E-state index >= 15 is 0 Å². The molecule has 0 aliphatic carbocycles. The fourth-order valence-corrected chi connectivity index (χ4v) is 3.67. The molecule has 7 heteroatoms. The predicted octanol–water partition coefficient (Wildman–Crippen LogP) is 6.31. The summed E-state index contributed by atoms with van der Waals surface area (Å²) in [7, 11) is 0. The smallest absolute Gasteiger partial charge is 0.356 e. The monoisotopic (exact) mass is 483 g/mol. The molecule has 3 rings (SSSR count). The van der Waals surface area contributed by atoms with Crippen molar-refractivity contribution < 1.29 is 18.7 Å². The number of nitrogens with one attached hydrogen (secondary N) is 1. The van der Waals surface area contributed by atoms with Crippen LogP contribution in [-0.4, -0.2) is 24.2 Å². The average Bonchev–Trinajstić information content (AvgIpc) is 3.13. The molecule has 0 saturated heterocycles. The molecule has 0 spiro atoms. The maximum absolute atomic E-state index is 12.0. The van der Waals surface area contributed by atoms with Gasteiger partial charge in [-0.1, -0.05) is 13.3 Å². The van der Waals surface area contributed by atoms with Gasteiger partial charge in [0.25, 0.3) is 0 Å². The number of benzene rings is 1. The number of unbranched alkanes of at least 4 members (excludes halogenated alkanes) is 1. The zero-order valence-electron chi connectivity index (χ0n) is 14.5. The largest absolute Gasteiger partial charge is 0.494 e. The van der Waals surface area contributed by atoms with E-state index in [1.807, 2.05) is 24.3 Å². The summed E-state index contributed by atoms with van der Waals surface area (Å²) in [6, 6.07) is 7.74. The van der Waals surface area contributed by atoms with E-state index in [0.717, 1.165) is 28.6 Å². The van der Waals surface area contributed by atoms with Gasteiger partial charge in [-0.3, -0.25) is 0 Å². The number of hydrogen-bond acceptors (Lipinski definition) is 4. The minimum atomic E-state index is -0.423. The molecule has 1 N–H and O–H groups in total. The van der Waals surface area contributed by atoms with E-state index in [4.69, 9.17) is 13.9 Å². The SMILES string of the molecule is CCCCOc1ccc(-c2oc3c(Br)c(C(=O)OCC)[nH]c3c2Br)cc1. The molecule has 5 nitrogen and oxygen atoms in total. The van der Waals surface area contributed by atoms with Crippen molar-refractivity contribution in [3.63, 3.8) is 0 Å². The third-order valence-electron chi connectivity index (χ3n) is 3.88. The van der Waals surface area contributed by atoms with Crippen LogP contribution in [0.25, 0.3) is 22.4 Å². The number of halogens is 2. The average molecular weight is 485 g/mol. The van der Waals surface area contributed by atoms with E-state index in [1.165, 1.54) is 0 Å². The lowest BCUT2D eigenvalue weighted by atomic mass is 10.1. The lowest BCUT2D eigenvalue weighted by Gasteiger charge is -2.06. The first kappa shape index (κ1) is 19.0. The van der Waals surface area contributed by atoms with Crippen molar-refractivity contribution >= 4 is 48.9 Å². The van der Waals surface area contributed by atoms with E-state index < -0.39 is 5.97 Å². The van der Waals surface area contributed by atoms with E-state index in [1.54, 1.807) is 6.92 Å². The van der Waals surface area contributed by atoms with Gasteiger partial charge in [0.2, 0.25) is 0 Å². The molecule has 3 aromatic rings. The molecular formula is C19H19Br2NO4. The summed E-state index contributed by atoms with van der Waals surface area (Å²) in [5.41, 5.74) is 2.53. The molecule has 0 unspecified atom stereocenters. The number of H-pyrrole nitrogens is 1. The fraction of sp³-hybridized carbons (Fsp3) is 0.316. The maximum Gasteiger partial charge on any atom is 0.356 e. The topological polar surface area (TPSA) is 64.5 Å². The van der Waals surface area contributed by atoms with Crippen LogP contribution in [0, 0.1) is 0 Å². The Kier molecular flexibility index (Phi) is 6.09. The number of esters is 1. The Morgan fingerprint density at radius 2 is 1.88 bits per heavy atom. The van der Waals surface area contributed by atoms with Crippen molar-refractivity contribution in [2.45, 2.75) is 26.7 Å². The van der Waals surface area contributed by atoms with Crippen LogP contribution in [0.5, 0.6) is 5.75 Å². The van der Waals surface area contributed by atoms with Crippen LogP contribution in [0.3, 0.4) is 0 Å². The van der Waals surface area contributed by atoms with Crippen LogP contribution in [0.2, 0.25) is 0 Å². The Morgan fingerprint density at radius 1 is 1.15 bits per heavy atom. The highest BCUT2D eigenvalue weighted by atomic mass is 79.9. The third-order valence-corrected chi connectivity index (χ3v) is 5.39. The second-order valence-corrected chi connectivity index (χ2v) is 7.30. The fourth-order valence-electron chi connectivity index (χ4n) is 2.54. The first-order valence-electron chi connectivity index (χ1n) is 8.46. The second-order valence-electron chi connectivity index (χ2n) is 5.71. The minimum Gasteiger partial charge on any atom is -0.494 e. The van der Waals surface area contributed by atoms with Gasteiger partial charge >= 0.3 is 5.97 Å². The van der Waals surface area contributed by atoms with Gasteiger partial charge < -0.3 is 18.9 Å². The summed E-state index contributed by atoms with van der Waals surface area (Å²) in [5.74, 6) is 1.09. The number of carbonyl (C=O) groups excluding carboxylic acids is 1. The normalized spacial score (nSPS) is 11.1. The number of rotatable bonds is 7. The molecular weight excluding hydrogens is 466 g/mol. The molecule has 0 aliphatic rings. The molecule has 0 aliphatic heterocycles. The minimum absolute atomic E-state index is 0.310. The second kappa shape index (κ2) is 8.31. The summed E-state index contributed by atoms with van der Waals surface area (Å²) in [5, 5.41) is 0. The van der Waals surface area contributed by atoms with E-state index in [2.05, 4.69) is 43.8 Å². The Balaban J connectivity index is 1.89. The number of furan rings is 1. The van der Waals surface area contributed by atoms with Crippen LogP contribution < -0.4 is 4.74 Å². The summed E-state index contributed by atoms with van der Waals surface area (Å²) < 4.78 is 18.0. The molecule has 0 atom stereocenters. The summed E-state index contributed by atoms with van der Waals surface area (Å²) in [6.07, 6.45) is 2.14. The zero-order chi connectivity index (χ0) is 18.7. The van der Waals surface area contributed by atoms with Crippen molar-refractivity contribution in [2.24, 2.45) is 0 Å². The quantitative estimate of drug-likeness (QED) is 0.315. The van der Waals surface area contributed by atoms with Crippen LogP contribution in [-0.2, 0) is 4.74 Å². The Morgan fingerprint density at radius 3 is 2.50 bits per heavy atom. The Labute approximate surface area is 168 Å². The standard InChI is InChI=1S/C19H19Br2NO4/c1-3-5-10-25-12-8-6-11(7-9-12)17-13(20)15-18(26-17)14(21)16(22-15)19(23)24-4-2/h6-9,22H,3-5,10H2,1-2H3. The Bertz CT molecular complexity index is 912. The van der Waals surface area contributed by atoms with Crippen molar-refractivity contribution in [3.8, 4) is 17.1 Å². The van der Waals surface area contributed by atoms with Gasteiger partial charge in [-0.15, -0.1) is 0 Å². The van der Waals surface area contributed by atoms with Gasteiger partial charge in [0, 0.05) is 5.56 Å². The maximum atomic E-state index is 12.0. The molecule has 2 heterocycles.